The summed E-state index contributed by atoms with van der Waals surface area (Å²) in [5.74, 6) is 0. The van der Waals surface area contributed by atoms with E-state index in [1.54, 1.807) is 36.4 Å². The third-order valence-electron chi connectivity index (χ3n) is 2.89. The Kier molecular flexibility index (Phi) is 4.47. The van der Waals surface area contributed by atoms with Gasteiger partial charge < -0.3 is 0 Å². The molecule has 4 N–H and O–H groups in total. The van der Waals surface area contributed by atoms with Gasteiger partial charge in [0.25, 0.3) is 0 Å². The minimum absolute atomic E-state index is 0.0423. The van der Waals surface area contributed by atoms with Gasteiger partial charge in [0.15, 0.2) is 0 Å². The summed E-state index contributed by atoms with van der Waals surface area (Å²) in [7, 11) is -7.74. The molecule has 0 heterocycles. The molecule has 22 heavy (non-hydrogen) atoms. The minimum Gasteiger partial charge on any atom is -0.225 e. The molecule has 6 nitrogen and oxygen atoms in total. The van der Waals surface area contributed by atoms with E-state index in [0.717, 1.165) is 0 Å². The summed E-state index contributed by atoms with van der Waals surface area (Å²) >= 11 is 0. The van der Waals surface area contributed by atoms with E-state index in [-0.39, 0.29) is 9.79 Å². The highest BCUT2D eigenvalue weighted by Crippen LogP contribution is 2.20. The molecular formula is C14H14N2O4S2. The first kappa shape index (κ1) is 16.4. The molecule has 0 saturated heterocycles. The van der Waals surface area contributed by atoms with Crippen molar-refractivity contribution >= 4 is 32.2 Å². The highest BCUT2D eigenvalue weighted by Gasteiger charge is 2.13. The van der Waals surface area contributed by atoms with E-state index >= 15 is 0 Å². The largest absolute Gasteiger partial charge is 0.238 e. The third-order valence-corrected chi connectivity index (χ3v) is 4.86. The number of rotatable bonds is 4. The van der Waals surface area contributed by atoms with Gasteiger partial charge >= 0.3 is 0 Å². The van der Waals surface area contributed by atoms with Gasteiger partial charge in [0.2, 0.25) is 20.0 Å². The summed E-state index contributed by atoms with van der Waals surface area (Å²) in [6, 6.07) is 12.3. The molecule has 2 aromatic carbocycles. The van der Waals surface area contributed by atoms with Crippen molar-refractivity contribution in [3.8, 4) is 0 Å². The van der Waals surface area contributed by atoms with Gasteiger partial charge in [-0.2, -0.15) is 0 Å². The summed E-state index contributed by atoms with van der Waals surface area (Å²) < 4.78 is 46.1. The monoisotopic (exact) mass is 338 g/mol. The molecular weight excluding hydrogens is 324 g/mol. The second kappa shape index (κ2) is 6.01. The quantitative estimate of drug-likeness (QED) is 0.812. The third kappa shape index (κ3) is 3.80. The van der Waals surface area contributed by atoms with Crippen LogP contribution in [0.15, 0.2) is 58.3 Å². The Morgan fingerprint density at radius 3 is 1.27 bits per heavy atom. The lowest BCUT2D eigenvalue weighted by Crippen LogP contribution is -2.14. The lowest BCUT2D eigenvalue weighted by Gasteiger charge is -2.05. The Hall–Kier alpha value is -2.00. The zero-order valence-electron chi connectivity index (χ0n) is 11.4. The van der Waals surface area contributed by atoms with Crippen molar-refractivity contribution in [2.24, 2.45) is 10.3 Å². The number of hydrogen-bond donors (Lipinski definition) is 2. The molecule has 0 saturated carbocycles. The second-order valence-electron chi connectivity index (χ2n) is 4.50. The van der Waals surface area contributed by atoms with Crippen LogP contribution >= 0.6 is 0 Å². The Bertz CT molecular complexity index is 855. The Morgan fingerprint density at radius 2 is 0.955 bits per heavy atom. The maximum atomic E-state index is 11.5. The van der Waals surface area contributed by atoms with Crippen molar-refractivity contribution in [1.29, 1.82) is 0 Å². The molecule has 0 fully saturated rings. The van der Waals surface area contributed by atoms with Crippen LogP contribution in [-0.2, 0) is 20.0 Å². The van der Waals surface area contributed by atoms with E-state index in [1.165, 1.54) is 24.3 Å². The Morgan fingerprint density at radius 1 is 0.636 bits per heavy atom. The summed E-state index contributed by atoms with van der Waals surface area (Å²) in [6.07, 6.45) is 2.95. The van der Waals surface area contributed by atoms with Crippen LogP contribution in [0.5, 0.6) is 0 Å². The molecule has 0 unspecified atom stereocenters. The van der Waals surface area contributed by atoms with Gasteiger partial charge in [-0.15, -0.1) is 0 Å². The van der Waals surface area contributed by atoms with Crippen molar-refractivity contribution in [2.45, 2.75) is 9.79 Å². The normalized spacial score (nSPS) is 12.6. The van der Waals surface area contributed by atoms with Crippen molar-refractivity contribution in [3.63, 3.8) is 0 Å². The SMILES string of the molecule is NS(=O)(=O)c1ccccc1/C=C/c1ccccc1S(N)(=O)=O. The molecule has 0 bridgehead atoms. The van der Waals surface area contributed by atoms with Crippen molar-refractivity contribution in [1.82, 2.24) is 0 Å². The number of nitrogens with two attached hydrogens (primary N) is 2. The van der Waals surface area contributed by atoms with Crippen LogP contribution in [0.4, 0.5) is 0 Å². The van der Waals surface area contributed by atoms with Crippen LogP contribution in [0.1, 0.15) is 11.1 Å². The van der Waals surface area contributed by atoms with Crippen LogP contribution in [0.2, 0.25) is 0 Å². The Labute approximate surface area is 129 Å². The Balaban J connectivity index is 2.53. The smallest absolute Gasteiger partial charge is 0.225 e. The van der Waals surface area contributed by atoms with E-state index in [9.17, 15) is 16.8 Å². The fourth-order valence-electron chi connectivity index (χ4n) is 1.93. The number of hydrogen-bond acceptors (Lipinski definition) is 4. The summed E-state index contributed by atoms with van der Waals surface area (Å²) in [6.45, 7) is 0. The average molecular weight is 338 g/mol. The minimum atomic E-state index is -3.87. The first-order chi connectivity index (χ1) is 10.2. The highest BCUT2D eigenvalue weighted by atomic mass is 32.2. The summed E-state index contributed by atoms with van der Waals surface area (Å²) in [4.78, 5) is -0.0846. The molecule has 116 valence electrons. The molecule has 0 aliphatic heterocycles. The van der Waals surface area contributed by atoms with Gasteiger partial charge in [-0.25, -0.2) is 27.1 Å². The molecule has 8 heteroatoms. The zero-order chi connectivity index (χ0) is 16.4. The van der Waals surface area contributed by atoms with Crippen LogP contribution in [-0.4, -0.2) is 16.8 Å². The lowest BCUT2D eigenvalue weighted by molar-refractivity contribution is 0.595. The zero-order valence-corrected chi connectivity index (χ0v) is 13.0. The fraction of sp³-hybridized carbons (Fsp3) is 0. The van der Waals surface area contributed by atoms with Crippen LogP contribution in [0.25, 0.3) is 12.2 Å². The van der Waals surface area contributed by atoms with Gasteiger partial charge in [-0.3, -0.25) is 0 Å². The molecule has 0 spiro atoms. The van der Waals surface area contributed by atoms with E-state index in [2.05, 4.69) is 0 Å². The van der Waals surface area contributed by atoms with Gasteiger partial charge in [-0.1, -0.05) is 48.6 Å². The lowest BCUT2D eigenvalue weighted by atomic mass is 10.1. The first-order valence-electron chi connectivity index (χ1n) is 6.11. The van der Waals surface area contributed by atoms with Gasteiger partial charge in [0.05, 0.1) is 9.79 Å². The number of primary sulfonamides is 2. The van der Waals surface area contributed by atoms with Crippen LogP contribution in [0, 0.1) is 0 Å². The average Bonchev–Trinajstić information content (AvgIpc) is 2.44. The van der Waals surface area contributed by atoms with E-state index in [0.29, 0.717) is 11.1 Å². The molecule has 0 aromatic heterocycles. The molecule has 0 amide bonds. The summed E-state index contributed by atoms with van der Waals surface area (Å²) in [5, 5.41) is 10.3. The predicted molar refractivity (Wildman–Crippen MR) is 84.6 cm³/mol. The molecule has 0 radical (unpaired) electrons. The maximum Gasteiger partial charge on any atom is 0.238 e. The number of benzene rings is 2. The standard InChI is InChI=1S/C14H14N2O4S2/c15-21(17,18)13-7-3-1-5-11(13)9-10-12-6-2-4-8-14(12)22(16,19)20/h1-10H,(H2,15,17,18)(H2,16,19,20)/b10-9+. The molecule has 0 aliphatic carbocycles. The van der Waals surface area contributed by atoms with Gasteiger partial charge in [-0.05, 0) is 23.3 Å². The van der Waals surface area contributed by atoms with E-state index in [1.807, 2.05) is 0 Å². The fourth-order valence-corrected chi connectivity index (χ4v) is 3.40. The second-order valence-corrected chi connectivity index (χ2v) is 7.56. The molecule has 2 aromatic rings. The van der Waals surface area contributed by atoms with Gasteiger partial charge in [0.1, 0.15) is 0 Å². The van der Waals surface area contributed by atoms with E-state index in [4.69, 9.17) is 10.3 Å². The highest BCUT2D eigenvalue weighted by molar-refractivity contribution is 7.89. The van der Waals surface area contributed by atoms with Crippen molar-refractivity contribution < 1.29 is 16.8 Å². The summed E-state index contributed by atoms with van der Waals surface area (Å²) in [5.41, 5.74) is 0.712. The van der Waals surface area contributed by atoms with Gasteiger partial charge in [0, 0.05) is 0 Å². The molecule has 0 atom stereocenters. The number of sulfonamides is 2. The van der Waals surface area contributed by atoms with Crippen LogP contribution < -0.4 is 10.3 Å². The van der Waals surface area contributed by atoms with Crippen molar-refractivity contribution in [2.75, 3.05) is 0 Å². The van der Waals surface area contributed by atoms with Crippen LogP contribution in [0.3, 0.4) is 0 Å². The molecule has 0 aliphatic rings. The molecule has 2 rings (SSSR count). The first-order valence-corrected chi connectivity index (χ1v) is 9.20. The van der Waals surface area contributed by atoms with Crippen molar-refractivity contribution in [3.05, 3.63) is 59.7 Å². The maximum absolute atomic E-state index is 11.5. The van der Waals surface area contributed by atoms with E-state index < -0.39 is 20.0 Å². The predicted octanol–water partition coefficient (Wildman–Crippen LogP) is 1.15. The topological polar surface area (TPSA) is 120 Å².